The normalized spacial score (nSPS) is 10.1. The Morgan fingerprint density at radius 2 is 1.75 bits per heavy atom. The fourth-order valence-electron chi connectivity index (χ4n) is 1.72. The summed E-state index contributed by atoms with van der Waals surface area (Å²) in [4.78, 5) is 14.1. The minimum atomic E-state index is 0.0433. The Kier molecular flexibility index (Phi) is 4.83. The van der Waals surface area contributed by atoms with E-state index in [1.807, 2.05) is 17.0 Å². The molecule has 88 valence electrons. The number of nitrogens with two attached hydrogens (primary N) is 1. The maximum Gasteiger partial charge on any atom is 0.255 e. The molecule has 0 radical (unpaired) electrons. The summed E-state index contributed by atoms with van der Waals surface area (Å²) in [7, 11) is 0. The average molecular weight is 220 g/mol. The van der Waals surface area contributed by atoms with Crippen LogP contribution in [0.15, 0.2) is 24.3 Å². The SMILES string of the molecule is CCCN(CCC)C(=O)c1ccccc1N. The average Bonchev–Trinajstić information content (AvgIpc) is 2.28. The van der Waals surface area contributed by atoms with E-state index in [1.165, 1.54) is 0 Å². The van der Waals surface area contributed by atoms with Crippen LogP contribution in [-0.4, -0.2) is 23.9 Å². The lowest BCUT2D eigenvalue weighted by Crippen LogP contribution is -2.32. The fourth-order valence-corrected chi connectivity index (χ4v) is 1.72. The lowest BCUT2D eigenvalue weighted by molar-refractivity contribution is 0.0756. The van der Waals surface area contributed by atoms with E-state index in [4.69, 9.17) is 5.73 Å². The second kappa shape index (κ2) is 6.16. The molecule has 16 heavy (non-hydrogen) atoms. The molecule has 0 atom stereocenters. The molecule has 0 spiro atoms. The van der Waals surface area contributed by atoms with Crippen molar-refractivity contribution in [2.75, 3.05) is 18.8 Å². The van der Waals surface area contributed by atoms with Gasteiger partial charge in [0.1, 0.15) is 0 Å². The smallest absolute Gasteiger partial charge is 0.255 e. The van der Waals surface area contributed by atoms with Gasteiger partial charge in [0, 0.05) is 18.8 Å². The van der Waals surface area contributed by atoms with E-state index in [2.05, 4.69) is 13.8 Å². The molecule has 3 heteroatoms. The van der Waals surface area contributed by atoms with Crippen LogP contribution in [-0.2, 0) is 0 Å². The van der Waals surface area contributed by atoms with Crippen LogP contribution in [0.1, 0.15) is 37.0 Å². The molecular formula is C13H20N2O. The standard InChI is InChI=1S/C13H20N2O/c1-3-9-15(10-4-2)13(16)11-7-5-6-8-12(11)14/h5-8H,3-4,9-10,14H2,1-2H3. The van der Waals surface area contributed by atoms with Crippen molar-refractivity contribution >= 4 is 11.6 Å². The number of nitrogen functional groups attached to an aromatic ring is 1. The van der Waals surface area contributed by atoms with Crippen molar-refractivity contribution in [1.82, 2.24) is 4.90 Å². The van der Waals surface area contributed by atoms with Crippen molar-refractivity contribution in [1.29, 1.82) is 0 Å². The van der Waals surface area contributed by atoms with E-state index >= 15 is 0 Å². The number of amides is 1. The van der Waals surface area contributed by atoms with Gasteiger partial charge in [-0.15, -0.1) is 0 Å². The van der Waals surface area contributed by atoms with Gasteiger partial charge in [-0.1, -0.05) is 26.0 Å². The van der Waals surface area contributed by atoms with Gasteiger partial charge in [0.15, 0.2) is 0 Å². The van der Waals surface area contributed by atoms with Crippen LogP contribution in [0.4, 0.5) is 5.69 Å². The number of carbonyl (C=O) groups is 1. The first-order valence-corrected chi connectivity index (χ1v) is 5.84. The van der Waals surface area contributed by atoms with Crippen molar-refractivity contribution in [3.05, 3.63) is 29.8 Å². The van der Waals surface area contributed by atoms with E-state index in [9.17, 15) is 4.79 Å². The van der Waals surface area contributed by atoms with E-state index < -0.39 is 0 Å². The van der Waals surface area contributed by atoms with Gasteiger partial charge in [0.25, 0.3) is 5.91 Å². The molecule has 0 aliphatic heterocycles. The van der Waals surface area contributed by atoms with E-state index in [0.717, 1.165) is 25.9 Å². The Morgan fingerprint density at radius 1 is 1.19 bits per heavy atom. The zero-order valence-corrected chi connectivity index (χ0v) is 10.1. The number of hydrogen-bond donors (Lipinski definition) is 1. The number of rotatable bonds is 5. The fraction of sp³-hybridized carbons (Fsp3) is 0.462. The molecule has 1 aromatic rings. The summed E-state index contributed by atoms with van der Waals surface area (Å²) in [6.07, 6.45) is 1.94. The monoisotopic (exact) mass is 220 g/mol. The number of para-hydroxylation sites is 1. The summed E-state index contributed by atoms with van der Waals surface area (Å²) < 4.78 is 0. The molecule has 0 aromatic heterocycles. The van der Waals surface area contributed by atoms with Crippen molar-refractivity contribution in [3.63, 3.8) is 0 Å². The molecule has 0 saturated heterocycles. The minimum Gasteiger partial charge on any atom is -0.398 e. The predicted octanol–water partition coefficient (Wildman–Crippen LogP) is 2.53. The topological polar surface area (TPSA) is 46.3 Å². The van der Waals surface area contributed by atoms with Crippen LogP contribution in [0.3, 0.4) is 0 Å². The van der Waals surface area contributed by atoms with E-state index in [-0.39, 0.29) is 5.91 Å². The third-order valence-electron chi connectivity index (χ3n) is 2.47. The summed E-state index contributed by atoms with van der Waals surface area (Å²) in [6, 6.07) is 7.25. The predicted molar refractivity (Wildman–Crippen MR) is 67.3 cm³/mol. The molecule has 1 aromatic carbocycles. The third-order valence-corrected chi connectivity index (χ3v) is 2.47. The van der Waals surface area contributed by atoms with Crippen LogP contribution >= 0.6 is 0 Å². The number of anilines is 1. The zero-order chi connectivity index (χ0) is 12.0. The number of hydrogen-bond acceptors (Lipinski definition) is 2. The molecule has 0 aliphatic carbocycles. The minimum absolute atomic E-state index is 0.0433. The van der Waals surface area contributed by atoms with Gasteiger partial charge >= 0.3 is 0 Å². The lowest BCUT2D eigenvalue weighted by atomic mass is 10.1. The zero-order valence-electron chi connectivity index (χ0n) is 10.1. The quantitative estimate of drug-likeness (QED) is 0.775. The van der Waals surface area contributed by atoms with E-state index in [0.29, 0.717) is 11.3 Å². The second-order valence-electron chi connectivity index (χ2n) is 3.88. The summed E-state index contributed by atoms with van der Waals surface area (Å²) in [6.45, 7) is 5.73. The largest absolute Gasteiger partial charge is 0.398 e. The van der Waals surface area contributed by atoms with Crippen molar-refractivity contribution < 1.29 is 4.79 Å². The van der Waals surface area contributed by atoms with Gasteiger partial charge in [-0.25, -0.2) is 0 Å². The van der Waals surface area contributed by atoms with Crippen molar-refractivity contribution in [3.8, 4) is 0 Å². The highest BCUT2D eigenvalue weighted by Gasteiger charge is 2.15. The van der Waals surface area contributed by atoms with Gasteiger partial charge in [0.05, 0.1) is 5.56 Å². The molecule has 0 heterocycles. The Morgan fingerprint density at radius 3 is 2.25 bits per heavy atom. The van der Waals surface area contributed by atoms with E-state index in [1.54, 1.807) is 12.1 Å². The Labute approximate surface area is 97.2 Å². The Hall–Kier alpha value is -1.51. The lowest BCUT2D eigenvalue weighted by Gasteiger charge is -2.22. The number of nitrogens with zero attached hydrogens (tertiary/aromatic N) is 1. The maximum absolute atomic E-state index is 12.2. The third kappa shape index (κ3) is 2.99. The molecule has 2 N–H and O–H groups in total. The Balaban J connectivity index is 2.85. The molecule has 0 aliphatic rings. The first kappa shape index (κ1) is 12.6. The highest BCUT2D eigenvalue weighted by Crippen LogP contribution is 2.14. The highest BCUT2D eigenvalue weighted by atomic mass is 16.2. The van der Waals surface area contributed by atoms with Gasteiger partial charge in [-0.05, 0) is 25.0 Å². The van der Waals surface area contributed by atoms with Crippen LogP contribution < -0.4 is 5.73 Å². The van der Waals surface area contributed by atoms with Crippen LogP contribution in [0.5, 0.6) is 0 Å². The van der Waals surface area contributed by atoms with Crippen LogP contribution in [0.25, 0.3) is 0 Å². The van der Waals surface area contributed by atoms with Crippen molar-refractivity contribution in [2.45, 2.75) is 26.7 Å². The van der Waals surface area contributed by atoms with Crippen LogP contribution in [0, 0.1) is 0 Å². The summed E-state index contributed by atoms with van der Waals surface area (Å²) in [5, 5.41) is 0. The van der Waals surface area contributed by atoms with Gasteiger partial charge < -0.3 is 10.6 Å². The van der Waals surface area contributed by atoms with Gasteiger partial charge in [-0.3, -0.25) is 4.79 Å². The number of benzene rings is 1. The summed E-state index contributed by atoms with van der Waals surface area (Å²) >= 11 is 0. The van der Waals surface area contributed by atoms with Crippen molar-refractivity contribution in [2.24, 2.45) is 0 Å². The second-order valence-corrected chi connectivity index (χ2v) is 3.88. The highest BCUT2D eigenvalue weighted by molar-refractivity contribution is 5.99. The first-order chi connectivity index (χ1) is 7.70. The Bertz CT molecular complexity index is 344. The molecule has 0 saturated carbocycles. The molecule has 0 bridgehead atoms. The summed E-state index contributed by atoms with van der Waals surface area (Å²) in [5.74, 6) is 0.0433. The maximum atomic E-state index is 12.2. The van der Waals surface area contributed by atoms with Gasteiger partial charge in [-0.2, -0.15) is 0 Å². The molecule has 1 amide bonds. The van der Waals surface area contributed by atoms with Gasteiger partial charge in [0.2, 0.25) is 0 Å². The summed E-state index contributed by atoms with van der Waals surface area (Å²) in [5.41, 5.74) is 6.98. The number of carbonyl (C=O) groups excluding carboxylic acids is 1. The first-order valence-electron chi connectivity index (χ1n) is 5.84. The molecular weight excluding hydrogens is 200 g/mol. The molecule has 1 rings (SSSR count). The molecule has 0 fully saturated rings. The molecule has 0 unspecified atom stereocenters. The van der Waals surface area contributed by atoms with Crippen LogP contribution in [0.2, 0.25) is 0 Å². The molecule has 3 nitrogen and oxygen atoms in total.